The highest BCUT2D eigenvalue weighted by atomic mass is 79.9. The Balaban J connectivity index is 2.46. The van der Waals surface area contributed by atoms with Crippen LogP contribution in [0.5, 0.6) is 5.75 Å². The average molecular weight is 242 g/mol. The first-order valence-corrected chi connectivity index (χ1v) is 5.17. The molecule has 13 heavy (non-hydrogen) atoms. The second kappa shape index (κ2) is 3.00. The largest absolute Gasteiger partial charge is 0.507 e. The van der Waals surface area contributed by atoms with Gasteiger partial charge in [-0.2, -0.15) is 0 Å². The predicted molar refractivity (Wildman–Crippen MR) is 55.8 cm³/mol. The van der Waals surface area contributed by atoms with Crippen molar-refractivity contribution in [3.8, 4) is 5.75 Å². The van der Waals surface area contributed by atoms with E-state index in [2.05, 4.69) is 15.9 Å². The smallest absolute Gasteiger partial charge is 0.130 e. The van der Waals surface area contributed by atoms with Crippen molar-refractivity contribution in [1.82, 2.24) is 0 Å². The van der Waals surface area contributed by atoms with Gasteiger partial charge < -0.3 is 10.8 Å². The number of phenols is 1. The van der Waals surface area contributed by atoms with Crippen LogP contribution in [-0.2, 0) is 5.41 Å². The minimum Gasteiger partial charge on any atom is -0.507 e. The molecular weight excluding hydrogens is 230 g/mol. The summed E-state index contributed by atoms with van der Waals surface area (Å²) in [6, 6.07) is 5.58. The lowest BCUT2D eigenvalue weighted by Gasteiger charge is -2.15. The standard InChI is InChI=1S/C10H12BrNO/c11-9-7(2-1-3-8(9)13)10(6-12)4-5-10/h1-3,13H,4-6,12H2. The summed E-state index contributed by atoms with van der Waals surface area (Å²) in [7, 11) is 0. The van der Waals surface area contributed by atoms with Crippen molar-refractivity contribution in [3.05, 3.63) is 28.2 Å². The SMILES string of the molecule is NCC1(c2cccc(O)c2Br)CC1. The van der Waals surface area contributed by atoms with E-state index in [1.165, 1.54) is 0 Å². The molecule has 1 aromatic rings. The van der Waals surface area contributed by atoms with Crippen LogP contribution in [0.2, 0.25) is 0 Å². The van der Waals surface area contributed by atoms with Crippen molar-refractivity contribution in [1.29, 1.82) is 0 Å². The molecular formula is C10H12BrNO. The molecule has 1 aliphatic rings. The number of hydrogen-bond acceptors (Lipinski definition) is 2. The highest BCUT2D eigenvalue weighted by molar-refractivity contribution is 9.10. The van der Waals surface area contributed by atoms with Gasteiger partial charge in [0, 0.05) is 12.0 Å². The third kappa shape index (κ3) is 1.36. The summed E-state index contributed by atoms with van der Waals surface area (Å²) in [6.07, 6.45) is 2.26. The first-order chi connectivity index (χ1) is 6.19. The molecule has 1 fully saturated rings. The van der Waals surface area contributed by atoms with Crippen LogP contribution in [0, 0.1) is 0 Å². The Morgan fingerprint density at radius 1 is 1.46 bits per heavy atom. The van der Waals surface area contributed by atoms with Gasteiger partial charge in [0.2, 0.25) is 0 Å². The zero-order chi connectivity index (χ0) is 9.47. The fraction of sp³-hybridized carbons (Fsp3) is 0.400. The minimum atomic E-state index is 0.136. The molecule has 0 amide bonds. The van der Waals surface area contributed by atoms with E-state index < -0.39 is 0 Å². The fourth-order valence-electron chi connectivity index (χ4n) is 1.66. The van der Waals surface area contributed by atoms with Crippen LogP contribution in [0.1, 0.15) is 18.4 Å². The lowest BCUT2D eigenvalue weighted by Crippen LogP contribution is -2.20. The van der Waals surface area contributed by atoms with Crippen molar-refractivity contribution in [2.24, 2.45) is 5.73 Å². The summed E-state index contributed by atoms with van der Waals surface area (Å²) in [5, 5.41) is 9.50. The number of rotatable bonds is 2. The van der Waals surface area contributed by atoms with Crippen molar-refractivity contribution in [2.75, 3.05) is 6.54 Å². The van der Waals surface area contributed by atoms with E-state index >= 15 is 0 Å². The van der Waals surface area contributed by atoms with Gasteiger partial charge in [0.1, 0.15) is 5.75 Å². The normalized spacial score (nSPS) is 18.6. The van der Waals surface area contributed by atoms with Crippen molar-refractivity contribution < 1.29 is 5.11 Å². The maximum absolute atomic E-state index is 9.50. The second-order valence-corrected chi connectivity index (χ2v) is 4.42. The van der Waals surface area contributed by atoms with Crippen LogP contribution in [0.25, 0.3) is 0 Å². The van der Waals surface area contributed by atoms with Crippen molar-refractivity contribution in [3.63, 3.8) is 0 Å². The number of nitrogens with two attached hydrogens (primary N) is 1. The van der Waals surface area contributed by atoms with Crippen LogP contribution >= 0.6 is 15.9 Å². The Hall–Kier alpha value is -0.540. The molecule has 0 spiro atoms. The number of benzene rings is 1. The highest BCUT2D eigenvalue weighted by Crippen LogP contribution is 2.50. The minimum absolute atomic E-state index is 0.136. The second-order valence-electron chi connectivity index (χ2n) is 3.62. The summed E-state index contributed by atoms with van der Waals surface area (Å²) in [5.74, 6) is 0.303. The van der Waals surface area contributed by atoms with Gasteiger partial charge in [0.05, 0.1) is 4.47 Å². The third-order valence-electron chi connectivity index (χ3n) is 2.79. The monoisotopic (exact) mass is 241 g/mol. The highest BCUT2D eigenvalue weighted by Gasteiger charge is 2.44. The van der Waals surface area contributed by atoms with Crippen LogP contribution in [0.3, 0.4) is 0 Å². The molecule has 0 unspecified atom stereocenters. The van der Waals surface area contributed by atoms with Gasteiger partial charge in [0.15, 0.2) is 0 Å². The van der Waals surface area contributed by atoms with Crippen LogP contribution in [0.15, 0.2) is 22.7 Å². The summed E-state index contributed by atoms with van der Waals surface area (Å²) in [4.78, 5) is 0. The third-order valence-corrected chi connectivity index (χ3v) is 3.63. The van der Waals surface area contributed by atoms with Crippen LogP contribution in [-0.4, -0.2) is 11.7 Å². The molecule has 0 aliphatic heterocycles. The van der Waals surface area contributed by atoms with Crippen molar-refractivity contribution >= 4 is 15.9 Å². The fourth-order valence-corrected chi connectivity index (χ4v) is 2.35. The molecule has 0 radical (unpaired) electrons. The lowest BCUT2D eigenvalue weighted by molar-refractivity contribution is 0.469. The zero-order valence-electron chi connectivity index (χ0n) is 7.26. The molecule has 1 aliphatic carbocycles. The number of phenolic OH excluding ortho intramolecular Hbond substituents is 1. The number of halogens is 1. The van der Waals surface area contributed by atoms with E-state index in [-0.39, 0.29) is 5.41 Å². The average Bonchev–Trinajstić information content (AvgIpc) is 2.90. The quantitative estimate of drug-likeness (QED) is 0.834. The summed E-state index contributed by atoms with van der Waals surface area (Å²) in [6.45, 7) is 0.662. The maximum Gasteiger partial charge on any atom is 0.130 e. The molecule has 2 rings (SSSR count). The molecule has 70 valence electrons. The van der Waals surface area contributed by atoms with Gasteiger partial charge in [-0.25, -0.2) is 0 Å². The Bertz CT molecular complexity index is 334. The zero-order valence-corrected chi connectivity index (χ0v) is 8.84. The van der Waals surface area contributed by atoms with Crippen LogP contribution in [0.4, 0.5) is 0 Å². The molecule has 1 aromatic carbocycles. The Labute approximate surface area is 85.9 Å². The number of hydrogen-bond donors (Lipinski definition) is 2. The van der Waals surface area contributed by atoms with E-state index in [0.717, 1.165) is 22.9 Å². The molecule has 3 N–H and O–H groups in total. The van der Waals surface area contributed by atoms with Gasteiger partial charge in [0.25, 0.3) is 0 Å². The predicted octanol–water partition coefficient (Wildman–Crippen LogP) is 2.15. The topological polar surface area (TPSA) is 46.2 Å². The van der Waals surface area contributed by atoms with Gasteiger partial charge >= 0.3 is 0 Å². The molecule has 0 atom stereocenters. The van der Waals surface area contributed by atoms with E-state index in [9.17, 15) is 5.11 Å². The van der Waals surface area contributed by atoms with Crippen molar-refractivity contribution in [2.45, 2.75) is 18.3 Å². The molecule has 0 saturated heterocycles. The van der Waals surface area contributed by atoms with E-state index in [0.29, 0.717) is 12.3 Å². The molecule has 1 saturated carbocycles. The van der Waals surface area contributed by atoms with E-state index in [4.69, 9.17) is 5.73 Å². The van der Waals surface area contributed by atoms with E-state index in [1.807, 2.05) is 12.1 Å². The van der Waals surface area contributed by atoms with Gasteiger partial charge in [-0.15, -0.1) is 0 Å². The molecule has 0 bridgehead atoms. The maximum atomic E-state index is 9.50. The Morgan fingerprint density at radius 2 is 2.15 bits per heavy atom. The number of aromatic hydroxyl groups is 1. The summed E-state index contributed by atoms with van der Waals surface area (Å²) in [5.41, 5.74) is 7.00. The first-order valence-electron chi connectivity index (χ1n) is 4.38. The van der Waals surface area contributed by atoms with Gasteiger partial charge in [-0.3, -0.25) is 0 Å². The molecule has 0 heterocycles. The molecule has 2 nitrogen and oxygen atoms in total. The van der Waals surface area contributed by atoms with Gasteiger partial charge in [-0.05, 0) is 40.4 Å². The van der Waals surface area contributed by atoms with E-state index in [1.54, 1.807) is 6.07 Å². The Kier molecular flexibility index (Phi) is 2.08. The van der Waals surface area contributed by atoms with Crippen LogP contribution < -0.4 is 5.73 Å². The Morgan fingerprint density at radius 3 is 2.69 bits per heavy atom. The summed E-state index contributed by atoms with van der Waals surface area (Å²) < 4.78 is 0.804. The van der Waals surface area contributed by atoms with Gasteiger partial charge in [-0.1, -0.05) is 12.1 Å². The lowest BCUT2D eigenvalue weighted by atomic mass is 9.96. The summed E-state index contributed by atoms with van der Waals surface area (Å²) >= 11 is 3.39. The molecule has 3 heteroatoms. The first kappa shape index (κ1) is 9.03. The molecule has 0 aromatic heterocycles.